The summed E-state index contributed by atoms with van der Waals surface area (Å²) >= 11 is 7.81. The first-order valence-electron chi connectivity index (χ1n) is 8.39. The lowest BCUT2D eigenvalue weighted by Crippen LogP contribution is -2.26. The van der Waals surface area contributed by atoms with E-state index < -0.39 is 0 Å². The van der Waals surface area contributed by atoms with E-state index in [2.05, 4.69) is 12.2 Å². The Hall–Kier alpha value is -1.46. The van der Waals surface area contributed by atoms with Crippen molar-refractivity contribution >= 4 is 35.1 Å². The van der Waals surface area contributed by atoms with Gasteiger partial charge in [-0.15, -0.1) is 11.8 Å². The molecule has 1 N–H and O–H groups in total. The van der Waals surface area contributed by atoms with Crippen LogP contribution in [0.4, 0.5) is 5.82 Å². The summed E-state index contributed by atoms with van der Waals surface area (Å²) in [6.45, 7) is 2.06. The Balaban J connectivity index is 1.89. The van der Waals surface area contributed by atoms with Crippen LogP contribution in [0.15, 0.2) is 24.3 Å². The Kier molecular flexibility index (Phi) is 4.09. The van der Waals surface area contributed by atoms with Gasteiger partial charge in [0, 0.05) is 15.3 Å². The normalized spacial score (nSPS) is 19.7. The fourth-order valence-electron chi connectivity index (χ4n) is 3.92. The maximum absolute atomic E-state index is 12.3. The van der Waals surface area contributed by atoms with Crippen LogP contribution in [0.2, 0.25) is 5.02 Å². The number of thioether (sulfide) groups is 1. The SMILES string of the molecule is Cc1nn(-c2ccc(Cl)cc2)c2c1C1(CCCCC1)SCC(=O)N2. The first kappa shape index (κ1) is 16.0. The first-order chi connectivity index (χ1) is 11.6. The van der Waals surface area contributed by atoms with E-state index in [0.717, 1.165) is 30.0 Å². The van der Waals surface area contributed by atoms with E-state index >= 15 is 0 Å². The minimum Gasteiger partial charge on any atom is -0.310 e. The molecule has 4 nitrogen and oxygen atoms in total. The number of fused-ring (bicyclic) bond motifs is 2. The number of aryl methyl sites for hydroxylation is 1. The van der Waals surface area contributed by atoms with E-state index in [0.29, 0.717) is 10.8 Å². The maximum Gasteiger partial charge on any atom is 0.235 e. The second-order valence-corrected chi connectivity index (χ2v) is 8.38. The molecule has 2 heterocycles. The molecule has 1 aliphatic heterocycles. The van der Waals surface area contributed by atoms with Crippen molar-refractivity contribution in [1.82, 2.24) is 9.78 Å². The van der Waals surface area contributed by atoms with Crippen LogP contribution in [0.1, 0.15) is 43.4 Å². The molecule has 24 heavy (non-hydrogen) atoms. The average Bonchev–Trinajstić information content (AvgIpc) is 2.84. The molecule has 4 rings (SSSR count). The van der Waals surface area contributed by atoms with Gasteiger partial charge < -0.3 is 5.32 Å². The molecule has 0 radical (unpaired) electrons. The van der Waals surface area contributed by atoms with E-state index in [4.69, 9.17) is 16.7 Å². The van der Waals surface area contributed by atoms with Crippen molar-refractivity contribution < 1.29 is 4.79 Å². The number of hydrogen-bond acceptors (Lipinski definition) is 3. The highest BCUT2D eigenvalue weighted by Gasteiger charge is 2.42. The zero-order valence-corrected chi connectivity index (χ0v) is 15.2. The molecule has 0 unspecified atom stereocenters. The van der Waals surface area contributed by atoms with Gasteiger partial charge in [-0.05, 0) is 44.0 Å². The number of aromatic nitrogens is 2. The van der Waals surface area contributed by atoms with Gasteiger partial charge in [-0.2, -0.15) is 5.10 Å². The third-order valence-corrected chi connectivity index (χ3v) is 6.81. The molecule has 126 valence electrons. The Labute approximate surface area is 151 Å². The van der Waals surface area contributed by atoms with Crippen LogP contribution >= 0.6 is 23.4 Å². The van der Waals surface area contributed by atoms with Crippen LogP contribution < -0.4 is 5.32 Å². The van der Waals surface area contributed by atoms with Gasteiger partial charge in [0.1, 0.15) is 5.82 Å². The predicted octanol–water partition coefficient (Wildman–Crippen LogP) is 4.68. The molecule has 0 saturated heterocycles. The van der Waals surface area contributed by atoms with E-state index in [9.17, 15) is 4.79 Å². The number of nitrogens with zero attached hydrogens (tertiary/aromatic N) is 2. The zero-order chi connectivity index (χ0) is 16.7. The molecule has 1 aromatic heterocycles. The lowest BCUT2D eigenvalue weighted by molar-refractivity contribution is -0.113. The highest BCUT2D eigenvalue weighted by atomic mass is 35.5. The maximum atomic E-state index is 12.3. The summed E-state index contributed by atoms with van der Waals surface area (Å²) in [4.78, 5) is 12.3. The highest BCUT2D eigenvalue weighted by Crippen LogP contribution is 2.53. The number of rotatable bonds is 1. The van der Waals surface area contributed by atoms with Crippen molar-refractivity contribution in [3.63, 3.8) is 0 Å². The molecule has 0 bridgehead atoms. The van der Waals surface area contributed by atoms with Crippen molar-refractivity contribution in [1.29, 1.82) is 0 Å². The number of halogens is 1. The largest absolute Gasteiger partial charge is 0.310 e. The fraction of sp³-hybridized carbons (Fsp3) is 0.444. The number of amides is 1. The number of benzene rings is 1. The molecule has 1 fully saturated rings. The average molecular weight is 362 g/mol. The van der Waals surface area contributed by atoms with E-state index in [1.807, 2.05) is 28.9 Å². The Bertz CT molecular complexity index is 778. The second kappa shape index (κ2) is 6.12. The number of hydrogen-bond donors (Lipinski definition) is 1. The zero-order valence-electron chi connectivity index (χ0n) is 13.6. The molecule has 1 amide bonds. The second-order valence-electron chi connectivity index (χ2n) is 6.59. The Morgan fingerprint density at radius 3 is 2.62 bits per heavy atom. The Morgan fingerprint density at radius 2 is 1.92 bits per heavy atom. The number of carbonyl (C=O) groups excluding carboxylic acids is 1. The van der Waals surface area contributed by atoms with Gasteiger partial charge in [0.25, 0.3) is 0 Å². The lowest BCUT2D eigenvalue weighted by atomic mass is 9.82. The van der Waals surface area contributed by atoms with Crippen LogP contribution in [-0.4, -0.2) is 21.4 Å². The van der Waals surface area contributed by atoms with Gasteiger partial charge in [-0.1, -0.05) is 30.9 Å². The topological polar surface area (TPSA) is 46.9 Å². The lowest BCUT2D eigenvalue weighted by Gasteiger charge is -2.36. The summed E-state index contributed by atoms with van der Waals surface area (Å²) in [5.41, 5.74) is 3.14. The minimum absolute atomic E-state index is 0.0154. The van der Waals surface area contributed by atoms with Crippen molar-refractivity contribution in [2.45, 2.75) is 43.8 Å². The standard InChI is InChI=1S/C18H20ClN3OS/c1-12-16-17(22(21-12)14-7-5-13(19)6-8-14)20-15(23)11-24-18(16)9-3-2-4-10-18/h5-8H,2-4,9-11H2,1H3,(H,20,23). The smallest absolute Gasteiger partial charge is 0.235 e. The van der Waals surface area contributed by atoms with E-state index in [1.165, 1.54) is 24.8 Å². The van der Waals surface area contributed by atoms with Gasteiger partial charge in [-0.25, -0.2) is 4.68 Å². The molecular formula is C18H20ClN3OS. The molecule has 2 aromatic rings. The van der Waals surface area contributed by atoms with Crippen molar-refractivity contribution in [2.24, 2.45) is 0 Å². The summed E-state index contributed by atoms with van der Waals surface area (Å²) in [6.07, 6.45) is 5.95. The minimum atomic E-state index is 0.0154. The van der Waals surface area contributed by atoms with Crippen LogP contribution in [0.5, 0.6) is 0 Å². The fourth-order valence-corrected chi connectivity index (χ4v) is 5.49. The molecule has 6 heteroatoms. The number of nitrogens with one attached hydrogen (secondary N) is 1. The Morgan fingerprint density at radius 1 is 1.21 bits per heavy atom. The third kappa shape index (κ3) is 2.64. The summed E-state index contributed by atoms with van der Waals surface area (Å²) in [5, 5.41) is 8.56. The summed E-state index contributed by atoms with van der Waals surface area (Å²) < 4.78 is 1.88. The van der Waals surface area contributed by atoms with Gasteiger partial charge in [0.05, 0.1) is 17.1 Å². The predicted molar refractivity (Wildman–Crippen MR) is 99.2 cm³/mol. The van der Waals surface area contributed by atoms with Crippen molar-refractivity contribution in [2.75, 3.05) is 11.1 Å². The van der Waals surface area contributed by atoms with E-state index in [1.54, 1.807) is 11.8 Å². The third-order valence-electron chi connectivity index (χ3n) is 4.99. The highest BCUT2D eigenvalue weighted by molar-refractivity contribution is 8.00. The van der Waals surface area contributed by atoms with Crippen LogP contribution in [0.25, 0.3) is 5.69 Å². The number of carbonyl (C=O) groups is 1. The van der Waals surface area contributed by atoms with Crippen LogP contribution in [0.3, 0.4) is 0 Å². The van der Waals surface area contributed by atoms with Gasteiger partial charge in [0.2, 0.25) is 5.91 Å². The molecule has 1 spiro atoms. The first-order valence-corrected chi connectivity index (χ1v) is 9.75. The van der Waals surface area contributed by atoms with Crippen molar-refractivity contribution in [3.8, 4) is 5.69 Å². The molecule has 0 atom stereocenters. The summed E-state index contributed by atoms with van der Waals surface area (Å²) in [6, 6.07) is 7.58. The quantitative estimate of drug-likeness (QED) is 0.802. The molecule has 1 aliphatic carbocycles. The summed E-state index contributed by atoms with van der Waals surface area (Å²) in [7, 11) is 0. The van der Waals surface area contributed by atoms with Crippen LogP contribution in [0, 0.1) is 6.92 Å². The molecule has 2 aliphatic rings. The summed E-state index contributed by atoms with van der Waals surface area (Å²) in [5.74, 6) is 1.40. The molecule has 1 aromatic carbocycles. The van der Waals surface area contributed by atoms with Gasteiger partial charge in [0.15, 0.2) is 0 Å². The van der Waals surface area contributed by atoms with Gasteiger partial charge in [-0.3, -0.25) is 4.79 Å². The van der Waals surface area contributed by atoms with Gasteiger partial charge >= 0.3 is 0 Å². The molecular weight excluding hydrogens is 342 g/mol. The monoisotopic (exact) mass is 361 g/mol. The van der Waals surface area contributed by atoms with E-state index in [-0.39, 0.29) is 10.7 Å². The molecule has 1 saturated carbocycles. The van der Waals surface area contributed by atoms with Crippen LogP contribution in [-0.2, 0) is 9.54 Å². The van der Waals surface area contributed by atoms with Crippen molar-refractivity contribution in [3.05, 3.63) is 40.5 Å². The number of anilines is 1.